The number of ether oxygens (including phenoxy) is 1. The molecule has 2 heterocycles. The molecule has 2 aromatic carbocycles. The summed E-state index contributed by atoms with van der Waals surface area (Å²) in [6.45, 7) is 1.83. The first kappa shape index (κ1) is 22.3. The molecule has 0 aromatic heterocycles. The van der Waals surface area contributed by atoms with E-state index in [1.165, 1.54) is 24.3 Å². The zero-order chi connectivity index (χ0) is 22.7. The lowest BCUT2D eigenvalue weighted by Gasteiger charge is -2.25. The summed E-state index contributed by atoms with van der Waals surface area (Å²) in [4.78, 5) is 28.5. The van der Waals surface area contributed by atoms with Crippen LogP contribution in [0.5, 0.6) is 0 Å². The van der Waals surface area contributed by atoms with Crippen molar-refractivity contribution in [2.45, 2.75) is 12.5 Å². The molecule has 7 nitrogen and oxygen atoms in total. The van der Waals surface area contributed by atoms with Crippen molar-refractivity contribution < 1.29 is 27.9 Å². The predicted molar refractivity (Wildman–Crippen MR) is 112 cm³/mol. The van der Waals surface area contributed by atoms with Gasteiger partial charge in [0.1, 0.15) is 17.3 Å². The minimum atomic E-state index is -0.607. The van der Waals surface area contributed by atoms with E-state index < -0.39 is 29.6 Å². The number of benzene rings is 2. The van der Waals surface area contributed by atoms with Crippen molar-refractivity contribution in [3.63, 3.8) is 0 Å². The highest BCUT2D eigenvalue weighted by atomic mass is 35.5. The Morgan fingerprint density at radius 3 is 2.81 bits per heavy atom. The van der Waals surface area contributed by atoms with Crippen LogP contribution >= 0.6 is 11.6 Å². The number of amides is 1. The molecule has 0 radical (unpaired) electrons. The average Bonchev–Trinajstić information content (AvgIpc) is 3.07. The third-order valence-electron chi connectivity index (χ3n) is 5.32. The quantitative estimate of drug-likeness (QED) is 0.665. The Balaban J connectivity index is 1.48. The number of halogens is 3. The van der Waals surface area contributed by atoms with E-state index in [1.807, 2.05) is 0 Å². The Bertz CT molecular complexity index is 1080. The van der Waals surface area contributed by atoms with E-state index in [4.69, 9.17) is 16.3 Å². The highest BCUT2D eigenvalue weighted by Gasteiger charge is 2.28. The Morgan fingerprint density at radius 1 is 1.22 bits per heavy atom. The summed E-state index contributed by atoms with van der Waals surface area (Å²) in [5.41, 5.74) is 1.01. The Labute approximate surface area is 187 Å². The van der Waals surface area contributed by atoms with Crippen LogP contribution in [-0.4, -0.2) is 43.8 Å². The summed E-state index contributed by atoms with van der Waals surface area (Å²) in [6.07, 6.45) is -0.608. The van der Waals surface area contributed by atoms with Crippen LogP contribution in [-0.2, 0) is 14.4 Å². The van der Waals surface area contributed by atoms with E-state index in [2.05, 4.69) is 20.6 Å². The molecule has 2 aliphatic rings. The van der Waals surface area contributed by atoms with Crippen molar-refractivity contribution in [2.75, 3.05) is 26.2 Å². The van der Waals surface area contributed by atoms with Crippen molar-refractivity contribution >= 4 is 29.2 Å². The van der Waals surface area contributed by atoms with Crippen LogP contribution in [0.2, 0.25) is 5.02 Å². The predicted octanol–water partition coefficient (Wildman–Crippen LogP) is 2.98. The maximum absolute atomic E-state index is 14.2. The van der Waals surface area contributed by atoms with Gasteiger partial charge in [0.15, 0.2) is 0 Å². The molecular formula is C22H20ClF2N3O4. The van der Waals surface area contributed by atoms with Crippen molar-refractivity contribution in [1.29, 1.82) is 0 Å². The lowest BCUT2D eigenvalue weighted by Crippen LogP contribution is -2.36. The molecule has 2 N–H and O–H groups in total. The second kappa shape index (κ2) is 9.72. The molecule has 0 bridgehead atoms. The van der Waals surface area contributed by atoms with Crippen molar-refractivity contribution in [3.8, 4) is 0 Å². The lowest BCUT2D eigenvalue weighted by atomic mass is 9.95. The molecule has 1 fully saturated rings. The van der Waals surface area contributed by atoms with Crippen LogP contribution in [0, 0.1) is 17.6 Å². The van der Waals surface area contributed by atoms with Gasteiger partial charge in [0.2, 0.25) is 0 Å². The summed E-state index contributed by atoms with van der Waals surface area (Å²) in [6, 6.07) is 8.34. The van der Waals surface area contributed by atoms with Gasteiger partial charge in [-0.1, -0.05) is 22.8 Å². The summed E-state index contributed by atoms with van der Waals surface area (Å²) in [7, 11) is 0. The maximum Gasteiger partial charge on any atom is 0.341 e. The van der Waals surface area contributed by atoms with Gasteiger partial charge in [0.05, 0.1) is 24.2 Å². The number of carbonyl (C=O) groups excluding carboxylic acids is 2. The van der Waals surface area contributed by atoms with Gasteiger partial charge in [-0.25, -0.2) is 13.6 Å². The molecule has 10 heteroatoms. The molecule has 0 aliphatic carbocycles. The fourth-order valence-electron chi connectivity index (χ4n) is 3.69. The van der Waals surface area contributed by atoms with Crippen LogP contribution in [0.3, 0.4) is 0 Å². The fourth-order valence-corrected chi connectivity index (χ4v) is 3.81. The van der Waals surface area contributed by atoms with Gasteiger partial charge in [-0.15, -0.1) is 0 Å². The number of carbonyl (C=O) groups is 2. The SMILES string of the molecule is O=C1CC(c2cc(C(=O)NC[C@@H]3CNCCO[C@H]3c3ccc(Cl)c(F)c3)ccc2F)=NO1. The van der Waals surface area contributed by atoms with Crippen LogP contribution in [0.4, 0.5) is 8.78 Å². The summed E-state index contributed by atoms with van der Waals surface area (Å²) >= 11 is 5.79. The minimum Gasteiger partial charge on any atom is -0.372 e. The second-order valence-electron chi connectivity index (χ2n) is 7.51. The topological polar surface area (TPSA) is 89.0 Å². The van der Waals surface area contributed by atoms with E-state index >= 15 is 0 Å². The zero-order valence-electron chi connectivity index (χ0n) is 16.9. The average molecular weight is 464 g/mol. The van der Waals surface area contributed by atoms with Crippen LogP contribution in [0.25, 0.3) is 0 Å². The highest BCUT2D eigenvalue weighted by Crippen LogP contribution is 2.29. The third kappa shape index (κ3) is 4.95. The molecular weight excluding hydrogens is 444 g/mol. The molecule has 168 valence electrons. The zero-order valence-corrected chi connectivity index (χ0v) is 17.6. The van der Waals surface area contributed by atoms with Crippen LogP contribution < -0.4 is 10.6 Å². The van der Waals surface area contributed by atoms with Crippen molar-refractivity contribution in [2.24, 2.45) is 11.1 Å². The first-order chi connectivity index (χ1) is 15.4. The molecule has 2 aromatic rings. The molecule has 2 aliphatic heterocycles. The number of nitrogens with zero attached hydrogens (tertiary/aromatic N) is 1. The number of oxime groups is 1. The normalized spacial score (nSPS) is 21.0. The largest absolute Gasteiger partial charge is 0.372 e. The van der Waals surface area contributed by atoms with Gasteiger partial charge < -0.3 is 20.2 Å². The van der Waals surface area contributed by atoms with Crippen molar-refractivity contribution in [1.82, 2.24) is 10.6 Å². The van der Waals surface area contributed by atoms with Gasteiger partial charge in [0.25, 0.3) is 5.91 Å². The first-order valence-electron chi connectivity index (χ1n) is 10.0. The third-order valence-corrected chi connectivity index (χ3v) is 5.62. The van der Waals surface area contributed by atoms with Gasteiger partial charge in [-0.2, -0.15) is 0 Å². The van der Waals surface area contributed by atoms with E-state index in [0.717, 1.165) is 6.07 Å². The smallest absolute Gasteiger partial charge is 0.341 e. The molecule has 4 rings (SSSR count). The number of nitrogens with one attached hydrogen (secondary N) is 2. The number of rotatable bonds is 5. The number of hydrogen-bond acceptors (Lipinski definition) is 6. The standard InChI is InChI=1S/C22H20ClF2N3O4/c23-16-3-1-12(8-18(16)25)21-14(10-26-5-6-31-21)11-27-22(30)13-2-4-17(24)15(7-13)19-9-20(29)32-28-19/h1-4,7-8,14,21,26H,5-6,9-11H2,(H,27,30)/t14-,21-/m0/s1. The first-order valence-corrected chi connectivity index (χ1v) is 10.4. The molecule has 2 atom stereocenters. The van der Waals surface area contributed by atoms with Gasteiger partial charge in [-0.05, 0) is 35.9 Å². The molecule has 0 saturated carbocycles. The Morgan fingerprint density at radius 2 is 2.06 bits per heavy atom. The Hall–Kier alpha value is -2.88. The molecule has 0 unspecified atom stereocenters. The molecule has 0 spiro atoms. The van der Waals surface area contributed by atoms with Gasteiger partial charge in [-0.3, -0.25) is 4.79 Å². The van der Waals surface area contributed by atoms with E-state index in [-0.39, 0.29) is 40.7 Å². The number of hydrogen-bond donors (Lipinski definition) is 2. The maximum atomic E-state index is 14.2. The van der Waals surface area contributed by atoms with Crippen LogP contribution in [0.1, 0.15) is 34.0 Å². The monoisotopic (exact) mass is 463 g/mol. The summed E-state index contributed by atoms with van der Waals surface area (Å²) < 4.78 is 34.1. The van der Waals surface area contributed by atoms with E-state index in [1.54, 1.807) is 6.07 Å². The summed E-state index contributed by atoms with van der Waals surface area (Å²) in [5.74, 6) is -2.34. The van der Waals surface area contributed by atoms with Gasteiger partial charge >= 0.3 is 5.97 Å². The molecule has 32 heavy (non-hydrogen) atoms. The Kier molecular flexibility index (Phi) is 6.78. The minimum absolute atomic E-state index is 0.0245. The van der Waals surface area contributed by atoms with E-state index in [9.17, 15) is 18.4 Å². The second-order valence-corrected chi connectivity index (χ2v) is 7.92. The van der Waals surface area contributed by atoms with Gasteiger partial charge in [0, 0.05) is 36.7 Å². The summed E-state index contributed by atoms with van der Waals surface area (Å²) in [5, 5.41) is 9.66. The lowest BCUT2D eigenvalue weighted by molar-refractivity contribution is -0.140. The van der Waals surface area contributed by atoms with Crippen molar-refractivity contribution in [3.05, 3.63) is 69.7 Å². The fraction of sp³-hybridized carbons (Fsp3) is 0.318. The molecule has 1 amide bonds. The van der Waals surface area contributed by atoms with Crippen LogP contribution in [0.15, 0.2) is 41.6 Å². The highest BCUT2D eigenvalue weighted by molar-refractivity contribution is 6.30. The molecule has 1 saturated heterocycles. The van der Waals surface area contributed by atoms with E-state index in [0.29, 0.717) is 25.3 Å².